The van der Waals surface area contributed by atoms with Gasteiger partial charge >= 0.3 is 0 Å². The van der Waals surface area contributed by atoms with Gasteiger partial charge in [-0.3, -0.25) is 0 Å². The topological polar surface area (TPSA) is 40.5 Å². The lowest BCUT2D eigenvalue weighted by atomic mass is 9.79. The average Bonchev–Trinajstić information content (AvgIpc) is 2.64. The van der Waals surface area contributed by atoms with Crippen molar-refractivity contribution in [2.24, 2.45) is 0 Å². The fourth-order valence-corrected chi connectivity index (χ4v) is 3.90. The van der Waals surface area contributed by atoms with Crippen LogP contribution < -0.4 is 0 Å². The quantitative estimate of drug-likeness (QED) is 0.516. The normalized spacial score (nSPS) is 11.1. The Morgan fingerprint density at radius 1 is 0.679 bits per heavy atom. The van der Waals surface area contributed by atoms with Crippen LogP contribution in [0.25, 0.3) is 6.08 Å². The van der Waals surface area contributed by atoms with Crippen LogP contribution in [-0.4, -0.2) is 10.2 Å². The second-order valence-corrected chi connectivity index (χ2v) is 7.74. The Morgan fingerprint density at radius 2 is 1.18 bits per heavy atom. The first-order valence-electron chi connectivity index (χ1n) is 9.56. The third-order valence-corrected chi connectivity index (χ3v) is 5.64. The number of rotatable bonds is 4. The highest BCUT2D eigenvalue weighted by Gasteiger charge is 2.23. The molecule has 3 aromatic carbocycles. The SMILES string of the molecule is C=Cc1ccc(C(c2cc(C)c(O)cc2C)c2cc(C)c(O)cc2C)cc1C. The first-order chi connectivity index (χ1) is 13.2. The van der Waals surface area contributed by atoms with Crippen LogP contribution in [0, 0.1) is 34.6 Å². The number of phenols is 2. The zero-order chi connectivity index (χ0) is 20.6. The Hall–Kier alpha value is -3.00. The Morgan fingerprint density at radius 3 is 1.61 bits per heavy atom. The number of aryl methyl sites for hydroxylation is 5. The van der Waals surface area contributed by atoms with E-state index < -0.39 is 0 Å². The second-order valence-electron chi connectivity index (χ2n) is 7.74. The maximum atomic E-state index is 10.2. The molecule has 0 heterocycles. The maximum absolute atomic E-state index is 10.2. The monoisotopic (exact) mass is 372 g/mol. The lowest BCUT2D eigenvalue weighted by Crippen LogP contribution is -2.09. The molecule has 2 nitrogen and oxygen atoms in total. The van der Waals surface area contributed by atoms with Gasteiger partial charge in [-0.15, -0.1) is 0 Å². The minimum atomic E-state index is 0.0103. The van der Waals surface area contributed by atoms with E-state index in [2.05, 4.69) is 43.8 Å². The molecule has 0 saturated heterocycles. The highest BCUT2D eigenvalue weighted by molar-refractivity contribution is 5.58. The van der Waals surface area contributed by atoms with E-state index in [-0.39, 0.29) is 5.92 Å². The fourth-order valence-electron chi connectivity index (χ4n) is 3.90. The van der Waals surface area contributed by atoms with E-state index in [0.717, 1.165) is 38.9 Å². The van der Waals surface area contributed by atoms with Gasteiger partial charge in [0.05, 0.1) is 0 Å². The van der Waals surface area contributed by atoms with E-state index in [1.165, 1.54) is 11.1 Å². The fraction of sp³-hybridized carbons (Fsp3) is 0.231. The van der Waals surface area contributed by atoms with Gasteiger partial charge in [0.15, 0.2) is 0 Å². The highest BCUT2D eigenvalue weighted by atomic mass is 16.3. The van der Waals surface area contributed by atoms with Gasteiger partial charge in [0, 0.05) is 5.92 Å². The van der Waals surface area contributed by atoms with Crippen molar-refractivity contribution in [1.82, 2.24) is 0 Å². The predicted octanol–water partition coefficient (Wildman–Crippen LogP) is 6.46. The molecule has 144 valence electrons. The highest BCUT2D eigenvalue weighted by Crippen LogP contribution is 2.39. The second kappa shape index (κ2) is 7.55. The molecule has 0 atom stereocenters. The van der Waals surface area contributed by atoms with E-state index in [4.69, 9.17) is 0 Å². The van der Waals surface area contributed by atoms with Gasteiger partial charge in [0.2, 0.25) is 0 Å². The molecule has 0 unspecified atom stereocenters. The molecular formula is C26H28O2. The van der Waals surface area contributed by atoms with E-state index in [1.807, 2.05) is 45.9 Å². The van der Waals surface area contributed by atoms with Gasteiger partial charge in [-0.2, -0.15) is 0 Å². The van der Waals surface area contributed by atoms with Crippen molar-refractivity contribution in [2.75, 3.05) is 0 Å². The summed E-state index contributed by atoms with van der Waals surface area (Å²) in [7, 11) is 0. The lowest BCUT2D eigenvalue weighted by molar-refractivity contribution is 0.470. The van der Waals surface area contributed by atoms with Crippen molar-refractivity contribution in [3.05, 3.63) is 99.1 Å². The number of hydrogen-bond donors (Lipinski definition) is 2. The Labute approximate surface area is 167 Å². The molecule has 0 aliphatic rings. The first-order valence-corrected chi connectivity index (χ1v) is 9.56. The van der Waals surface area contributed by atoms with Gasteiger partial charge in [-0.25, -0.2) is 0 Å². The van der Waals surface area contributed by atoms with Gasteiger partial charge in [0.25, 0.3) is 0 Å². The number of phenolic OH excluding ortho intramolecular Hbond substituents is 2. The summed E-state index contributed by atoms with van der Waals surface area (Å²) in [4.78, 5) is 0. The summed E-state index contributed by atoms with van der Waals surface area (Å²) in [6, 6.07) is 14.3. The van der Waals surface area contributed by atoms with Crippen LogP contribution >= 0.6 is 0 Å². The summed E-state index contributed by atoms with van der Waals surface area (Å²) in [6.07, 6.45) is 1.88. The number of hydrogen-bond acceptors (Lipinski definition) is 2. The summed E-state index contributed by atoms with van der Waals surface area (Å²) in [5.41, 5.74) is 9.62. The molecule has 2 N–H and O–H groups in total. The molecule has 0 amide bonds. The summed E-state index contributed by atoms with van der Waals surface area (Å²) < 4.78 is 0. The Balaban J connectivity index is 2.32. The third kappa shape index (κ3) is 3.55. The Bertz CT molecular complexity index is 1000. The van der Waals surface area contributed by atoms with Crippen LogP contribution in [0.1, 0.15) is 56.0 Å². The summed E-state index contributed by atoms with van der Waals surface area (Å²) >= 11 is 0. The minimum Gasteiger partial charge on any atom is -0.508 e. The van der Waals surface area contributed by atoms with Crippen LogP contribution in [-0.2, 0) is 0 Å². The summed E-state index contributed by atoms with van der Waals surface area (Å²) in [5, 5.41) is 20.3. The summed E-state index contributed by atoms with van der Waals surface area (Å²) in [6.45, 7) is 13.9. The molecule has 0 aliphatic carbocycles. The van der Waals surface area contributed by atoms with Crippen LogP contribution in [0.5, 0.6) is 11.5 Å². The zero-order valence-electron chi connectivity index (χ0n) is 17.3. The zero-order valence-corrected chi connectivity index (χ0v) is 17.3. The van der Waals surface area contributed by atoms with Gasteiger partial charge in [-0.05, 0) is 96.8 Å². The molecule has 0 radical (unpaired) electrons. The molecule has 3 aromatic rings. The van der Waals surface area contributed by atoms with Gasteiger partial charge < -0.3 is 10.2 Å². The number of aromatic hydroxyl groups is 2. The smallest absolute Gasteiger partial charge is 0.118 e. The number of benzene rings is 3. The van der Waals surface area contributed by atoms with Crippen LogP contribution in [0.4, 0.5) is 0 Å². The molecule has 0 aromatic heterocycles. The van der Waals surface area contributed by atoms with Crippen LogP contribution in [0.3, 0.4) is 0 Å². The van der Waals surface area contributed by atoms with E-state index in [9.17, 15) is 10.2 Å². The molecular weight excluding hydrogens is 344 g/mol. The van der Waals surface area contributed by atoms with E-state index >= 15 is 0 Å². The van der Waals surface area contributed by atoms with Crippen LogP contribution in [0.2, 0.25) is 0 Å². The van der Waals surface area contributed by atoms with Crippen molar-refractivity contribution in [3.8, 4) is 11.5 Å². The molecule has 0 aliphatic heterocycles. The van der Waals surface area contributed by atoms with Gasteiger partial charge in [0.1, 0.15) is 11.5 Å². The maximum Gasteiger partial charge on any atom is 0.118 e. The predicted molar refractivity (Wildman–Crippen MR) is 117 cm³/mol. The van der Waals surface area contributed by atoms with E-state index in [1.54, 1.807) is 0 Å². The van der Waals surface area contributed by atoms with Crippen molar-refractivity contribution in [3.63, 3.8) is 0 Å². The largest absolute Gasteiger partial charge is 0.508 e. The summed E-state index contributed by atoms with van der Waals surface area (Å²) in [5.74, 6) is 0.643. The lowest BCUT2D eigenvalue weighted by Gasteiger charge is -2.25. The molecule has 0 bridgehead atoms. The molecule has 3 rings (SSSR count). The van der Waals surface area contributed by atoms with Crippen molar-refractivity contribution >= 4 is 6.08 Å². The molecule has 0 saturated carbocycles. The van der Waals surface area contributed by atoms with Gasteiger partial charge in [-0.1, -0.05) is 43.0 Å². The van der Waals surface area contributed by atoms with Crippen molar-refractivity contribution in [2.45, 2.75) is 40.5 Å². The molecule has 2 heteroatoms. The average molecular weight is 373 g/mol. The standard InChI is InChI=1S/C26H28O2/c1-7-20-8-9-21(10-15(20)2)26(22-11-18(5)24(27)13-16(22)3)23-12-19(6)25(28)14-17(23)4/h7-14,26-28H,1H2,2-6H3. The first kappa shape index (κ1) is 19.8. The van der Waals surface area contributed by atoms with Crippen LogP contribution in [0.15, 0.2) is 49.0 Å². The minimum absolute atomic E-state index is 0.0103. The van der Waals surface area contributed by atoms with E-state index in [0.29, 0.717) is 11.5 Å². The third-order valence-electron chi connectivity index (χ3n) is 5.64. The molecule has 0 fully saturated rings. The molecule has 0 spiro atoms. The Kier molecular flexibility index (Phi) is 5.33. The van der Waals surface area contributed by atoms with Crippen molar-refractivity contribution in [1.29, 1.82) is 0 Å². The molecule has 28 heavy (non-hydrogen) atoms. The van der Waals surface area contributed by atoms with Crippen molar-refractivity contribution < 1.29 is 10.2 Å².